The van der Waals surface area contributed by atoms with Crippen molar-refractivity contribution in [3.05, 3.63) is 35.9 Å². The topological polar surface area (TPSA) is 114 Å². The molecule has 0 fully saturated rings. The molecule has 7 nitrogen and oxygen atoms in total. The highest BCUT2D eigenvalue weighted by atomic mass is 32.2. The standard InChI is InChI=1S/C12H17N5O2S/c1-9-7-10(4-5-11(9)13)20(18,19)16-6-2-3-12-14-8-15-17-12/h4-5,7-8,16H,2-3,6,13H2,1H3,(H,14,15,17). The number of aryl methyl sites for hydroxylation is 2. The fraction of sp³-hybridized carbons (Fsp3) is 0.333. The number of H-pyrrole nitrogens is 1. The summed E-state index contributed by atoms with van der Waals surface area (Å²) in [6.07, 6.45) is 2.71. The summed E-state index contributed by atoms with van der Waals surface area (Å²) < 4.78 is 26.7. The van der Waals surface area contributed by atoms with Crippen LogP contribution in [0.4, 0.5) is 5.69 Å². The molecule has 20 heavy (non-hydrogen) atoms. The van der Waals surface area contributed by atoms with Gasteiger partial charge in [-0.2, -0.15) is 5.10 Å². The van der Waals surface area contributed by atoms with E-state index >= 15 is 0 Å². The number of nitrogens with zero attached hydrogens (tertiary/aromatic N) is 2. The summed E-state index contributed by atoms with van der Waals surface area (Å²) in [6, 6.07) is 4.66. The van der Waals surface area contributed by atoms with Crippen molar-refractivity contribution >= 4 is 15.7 Å². The number of nitrogen functional groups attached to an aromatic ring is 1. The summed E-state index contributed by atoms with van der Waals surface area (Å²) in [5, 5.41) is 6.46. The highest BCUT2D eigenvalue weighted by Gasteiger charge is 2.14. The first-order chi connectivity index (χ1) is 9.49. The number of nitrogens with one attached hydrogen (secondary N) is 2. The molecule has 0 aliphatic rings. The Kier molecular flexibility index (Phi) is 4.35. The summed E-state index contributed by atoms with van der Waals surface area (Å²) in [5.74, 6) is 0.743. The molecule has 1 heterocycles. The first-order valence-electron chi connectivity index (χ1n) is 6.19. The Bertz CT molecular complexity index is 667. The van der Waals surface area contributed by atoms with Crippen LogP contribution in [0, 0.1) is 6.92 Å². The molecule has 0 saturated carbocycles. The third-order valence-corrected chi connectivity index (χ3v) is 4.36. The molecular weight excluding hydrogens is 278 g/mol. The highest BCUT2D eigenvalue weighted by Crippen LogP contribution is 2.16. The third-order valence-electron chi connectivity index (χ3n) is 2.90. The number of aromatic nitrogens is 3. The van der Waals surface area contributed by atoms with Gasteiger partial charge in [0, 0.05) is 18.7 Å². The Morgan fingerprint density at radius 2 is 2.20 bits per heavy atom. The molecule has 2 aromatic rings. The maximum Gasteiger partial charge on any atom is 0.240 e. The molecule has 0 bridgehead atoms. The minimum Gasteiger partial charge on any atom is -0.399 e. The Morgan fingerprint density at radius 1 is 1.40 bits per heavy atom. The van der Waals surface area contributed by atoms with Gasteiger partial charge in [0.05, 0.1) is 4.90 Å². The first kappa shape index (κ1) is 14.5. The number of hydrogen-bond acceptors (Lipinski definition) is 5. The van der Waals surface area contributed by atoms with Gasteiger partial charge in [0.1, 0.15) is 12.2 Å². The molecule has 108 valence electrons. The number of aromatic amines is 1. The molecule has 0 saturated heterocycles. The molecule has 1 aromatic heterocycles. The predicted octanol–water partition coefficient (Wildman–Crippen LogP) is 0.606. The molecule has 1 aromatic carbocycles. The van der Waals surface area contributed by atoms with Crippen LogP contribution in [0.5, 0.6) is 0 Å². The van der Waals surface area contributed by atoms with Crippen LogP contribution >= 0.6 is 0 Å². The van der Waals surface area contributed by atoms with E-state index in [2.05, 4.69) is 19.9 Å². The van der Waals surface area contributed by atoms with Crippen LogP contribution in [0.25, 0.3) is 0 Å². The van der Waals surface area contributed by atoms with Crippen molar-refractivity contribution in [2.24, 2.45) is 0 Å². The van der Waals surface area contributed by atoms with Gasteiger partial charge in [-0.1, -0.05) is 0 Å². The Labute approximate surface area is 117 Å². The van der Waals surface area contributed by atoms with Crippen molar-refractivity contribution in [2.45, 2.75) is 24.7 Å². The van der Waals surface area contributed by atoms with E-state index in [0.29, 0.717) is 25.1 Å². The summed E-state index contributed by atoms with van der Waals surface area (Å²) >= 11 is 0. The monoisotopic (exact) mass is 295 g/mol. The average molecular weight is 295 g/mol. The van der Waals surface area contributed by atoms with Gasteiger partial charge in [0.15, 0.2) is 0 Å². The summed E-state index contributed by atoms with van der Waals surface area (Å²) in [6.45, 7) is 2.12. The van der Waals surface area contributed by atoms with Gasteiger partial charge < -0.3 is 5.73 Å². The van der Waals surface area contributed by atoms with Crippen molar-refractivity contribution in [2.75, 3.05) is 12.3 Å². The van der Waals surface area contributed by atoms with Crippen molar-refractivity contribution in [3.63, 3.8) is 0 Å². The van der Waals surface area contributed by atoms with Crippen LogP contribution in [0.1, 0.15) is 17.8 Å². The van der Waals surface area contributed by atoms with Crippen LogP contribution in [0.2, 0.25) is 0 Å². The van der Waals surface area contributed by atoms with Crippen LogP contribution < -0.4 is 10.5 Å². The Morgan fingerprint density at radius 3 is 2.85 bits per heavy atom. The van der Waals surface area contributed by atoms with Crippen LogP contribution in [-0.4, -0.2) is 30.1 Å². The predicted molar refractivity (Wildman–Crippen MR) is 75.5 cm³/mol. The fourth-order valence-electron chi connectivity index (χ4n) is 1.71. The summed E-state index contributed by atoms with van der Waals surface area (Å²) in [5.41, 5.74) is 7.00. The lowest BCUT2D eigenvalue weighted by Gasteiger charge is -2.08. The number of nitrogens with two attached hydrogens (primary N) is 1. The molecule has 4 N–H and O–H groups in total. The second kappa shape index (κ2) is 6.02. The largest absolute Gasteiger partial charge is 0.399 e. The third kappa shape index (κ3) is 3.55. The van der Waals surface area contributed by atoms with Crippen LogP contribution in [0.3, 0.4) is 0 Å². The highest BCUT2D eigenvalue weighted by molar-refractivity contribution is 7.89. The number of anilines is 1. The molecule has 8 heteroatoms. The van der Waals surface area contributed by atoms with E-state index in [-0.39, 0.29) is 4.90 Å². The van der Waals surface area contributed by atoms with Gasteiger partial charge in [0.25, 0.3) is 0 Å². The van der Waals surface area contributed by atoms with E-state index in [1.165, 1.54) is 12.4 Å². The molecule has 0 aliphatic heterocycles. The molecule has 0 atom stereocenters. The van der Waals surface area contributed by atoms with Gasteiger partial charge in [-0.15, -0.1) is 0 Å². The molecule has 2 rings (SSSR count). The zero-order chi connectivity index (χ0) is 14.6. The second-order valence-electron chi connectivity index (χ2n) is 4.45. The van der Waals surface area contributed by atoms with Gasteiger partial charge in [0.2, 0.25) is 10.0 Å². The van der Waals surface area contributed by atoms with Crippen molar-refractivity contribution in [3.8, 4) is 0 Å². The normalized spacial score (nSPS) is 11.7. The van der Waals surface area contributed by atoms with Gasteiger partial charge in [-0.3, -0.25) is 5.10 Å². The minimum atomic E-state index is -3.49. The molecular formula is C12H17N5O2S. The first-order valence-corrected chi connectivity index (χ1v) is 7.67. The van der Waals surface area contributed by atoms with Crippen molar-refractivity contribution in [1.29, 1.82) is 0 Å². The molecule has 0 amide bonds. The lowest BCUT2D eigenvalue weighted by Crippen LogP contribution is -2.25. The SMILES string of the molecule is Cc1cc(S(=O)(=O)NCCCc2ncn[nH]2)ccc1N. The van der Waals surface area contributed by atoms with E-state index in [1.54, 1.807) is 19.1 Å². The average Bonchev–Trinajstić information content (AvgIpc) is 2.91. The van der Waals surface area contributed by atoms with Gasteiger partial charge in [-0.05, 0) is 37.1 Å². The maximum absolute atomic E-state index is 12.1. The maximum atomic E-state index is 12.1. The molecule has 0 unspecified atom stereocenters. The van der Waals surface area contributed by atoms with E-state index in [1.807, 2.05) is 0 Å². The zero-order valence-electron chi connectivity index (χ0n) is 11.1. The molecule has 0 spiro atoms. The van der Waals surface area contributed by atoms with Crippen LogP contribution in [-0.2, 0) is 16.4 Å². The fourth-order valence-corrected chi connectivity index (χ4v) is 2.87. The summed E-state index contributed by atoms with van der Waals surface area (Å²) in [4.78, 5) is 4.20. The van der Waals surface area contributed by atoms with Gasteiger partial charge in [-0.25, -0.2) is 18.1 Å². The smallest absolute Gasteiger partial charge is 0.240 e. The lowest BCUT2D eigenvalue weighted by molar-refractivity contribution is 0.578. The van der Waals surface area contributed by atoms with E-state index in [4.69, 9.17) is 5.73 Å². The van der Waals surface area contributed by atoms with E-state index < -0.39 is 10.0 Å². The Hall–Kier alpha value is -1.93. The number of benzene rings is 1. The van der Waals surface area contributed by atoms with E-state index in [9.17, 15) is 8.42 Å². The molecule has 0 aliphatic carbocycles. The quantitative estimate of drug-likeness (QED) is 0.533. The number of rotatable bonds is 6. The van der Waals surface area contributed by atoms with Crippen LogP contribution in [0.15, 0.2) is 29.4 Å². The van der Waals surface area contributed by atoms with E-state index in [0.717, 1.165) is 11.4 Å². The zero-order valence-corrected chi connectivity index (χ0v) is 11.9. The number of hydrogen-bond donors (Lipinski definition) is 3. The number of sulfonamides is 1. The summed E-state index contributed by atoms with van der Waals surface area (Å²) in [7, 11) is -3.49. The lowest BCUT2D eigenvalue weighted by atomic mass is 10.2. The Balaban J connectivity index is 1.92. The minimum absolute atomic E-state index is 0.226. The van der Waals surface area contributed by atoms with Gasteiger partial charge >= 0.3 is 0 Å². The van der Waals surface area contributed by atoms with Crippen molar-refractivity contribution < 1.29 is 8.42 Å². The van der Waals surface area contributed by atoms with Crippen molar-refractivity contribution in [1.82, 2.24) is 19.9 Å². The molecule has 0 radical (unpaired) electrons. The second-order valence-corrected chi connectivity index (χ2v) is 6.22.